The number of fused-ring (bicyclic) bond motifs is 1. The molecular weight excluding hydrogens is 298 g/mol. The largest absolute Gasteiger partial charge is 0.494 e. The van der Waals surface area contributed by atoms with Crippen molar-refractivity contribution in [1.82, 2.24) is 4.98 Å². The minimum absolute atomic E-state index is 0.670. The van der Waals surface area contributed by atoms with E-state index in [4.69, 9.17) is 4.74 Å². The molecule has 1 N–H and O–H groups in total. The van der Waals surface area contributed by atoms with Gasteiger partial charge < -0.3 is 4.74 Å². The summed E-state index contributed by atoms with van der Waals surface area (Å²) in [7, 11) is 0. The van der Waals surface area contributed by atoms with Crippen LogP contribution in [0.3, 0.4) is 0 Å². The van der Waals surface area contributed by atoms with E-state index < -0.39 is 0 Å². The summed E-state index contributed by atoms with van der Waals surface area (Å²) in [6, 6.07) is 16.0. The number of aromatic nitrogens is 1. The molecule has 0 unspecified atom stereocenters. The van der Waals surface area contributed by atoms with E-state index in [2.05, 4.69) is 34.6 Å². The molecule has 0 saturated heterocycles. The van der Waals surface area contributed by atoms with E-state index in [0.717, 1.165) is 39.2 Å². The van der Waals surface area contributed by atoms with Gasteiger partial charge in [0.15, 0.2) is 0 Å². The molecule has 2 aromatic carbocycles. The molecule has 3 aromatic rings. The van der Waals surface area contributed by atoms with Crippen molar-refractivity contribution in [2.75, 3.05) is 12.0 Å². The molecule has 0 aliphatic rings. The molecule has 0 saturated carbocycles. The number of hydrogen-bond acceptors (Lipinski definition) is 4. The predicted octanol–water partition coefficient (Wildman–Crippen LogP) is 4.70. The molecule has 0 radical (unpaired) electrons. The summed E-state index contributed by atoms with van der Waals surface area (Å²) >= 11 is 0. The first-order valence-electron chi connectivity index (χ1n) is 8.06. The van der Waals surface area contributed by atoms with Crippen molar-refractivity contribution in [2.45, 2.75) is 20.8 Å². The number of benzene rings is 2. The van der Waals surface area contributed by atoms with Crippen molar-refractivity contribution in [3.63, 3.8) is 0 Å². The minimum atomic E-state index is 0.670. The fraction of sp³-hybridized carbons (Fsp3) is 0.200. The number of para-hydroxylation sites is 1. The molecule has 1 aromatic heterocycles. The Morgan fingerprint density at radius 2 is 1.92 bits per heavy atom. The fourth-order valence-electron chi connectivity index (χ4n) is 2.61. The zero-order valence-corrected chi connectivity index (χ0v) is 14.2. The highest BCUT2D eigenvalue weighted by Gasteiger charge is 2.05. The maximum atomic E-state index is 5.44. The van der Waals surface area contributed by atoms with Gasteiger partial charge in [-0.3, -0.25) is 10.4 Å². The van der Waals surface area contributed by atoms with Gasteiger partial charge in [-0.2, -0.15) is 5.10 Å². The summed E-state index contributed by atoms with van der Waals surface area (Å²) in [5.74, 6) is 0.869. The fourth-order valence-corrected chi connectivity index (χ4v) is 2.61. The summed E-state index contributed by atoms with van der Waals surface area (Å²) < 4.78 is 5.44. The molecule has 0 fully saturated rings. The van der Waals surface area contributed by atoms with Gasteiger partial charge in [0.1, 0.15) is 5.75 Å². The van der Waals surface area contributed by atoms with Crippen molar-refractivity contribution in [3.05, 3.63) is 65.4 Å². The summed E-state index contributed by atoms with van der Waals surface area (Å²) in [5, 5.41) is 5.44. The molecular formula is C20H21N3O. The Bertz CT molecular complexity index is 870. The Morgan fingerprint density at radius 1 is 1.12 bits per heavy atom. The van der Waals surface area contributed by atoms with Crippen LogP contribution in [-0.2, 0) is 0 Å². The molecule has 1 heterocycles. The average molecular weight is 319 g/mol. The number of pyridine rings is 1. The first-order chi connectivity index (χ1) is 11.7. The summed E-state index contributed by atoms with van der Waals surface area (Å²) in [5.41, 5.74) is 8.26. The van der Waals surface area contributed by atoms with E-state index in [1.54, 1.807) is 6.21 Å². The lowest BCUT2D eigenvalue weighted by molar-refractivity contribution is 0.340. The van der Waals surface area contributed by atoms with Crippen molar-refractivity contribution in [1.29, 1.82) is 0 Å². The number of ether oxygens (including phenoxy) is 1. The molecule has 4 heteroatoms. The molecule has 0 amide bonds. The lowest BCUT2D eigenvalue weighted by atomic mass is 10.1. The Morgan fingerprint density at radius 3 is 2.67 bits per heavy atom. The van der Waals surface area contributed by atoms with Crippen LogP contribution in [0.25, 0.3) is 10.9 Å². The van der Waals surface area contributed by atoms with E-state index in [-0.39, 0.29) is 0 Å². The van der Waals surface area contributed by atoms with Gasteiger partial charge in [0, 0.05) is 11.1 Å². The second-order valence-electron chi connectivity index (χ2n) is 5.65. The first kappa shape index (κ1) is 16.0. The molecule has 0 aliphatic carbocycles. The maximum Gasteiger partial charge on any atom is 0.119 e. The summed E-state index contributed by atoms with van der Waals surface area (Å²) in [6.45, 7) is 6.71. The Hall–Kier alpha value is -2.88. The average Bonchev–Trinajstić information content (AvgIpc) is 2.58. The molecule has 4 nitrogen and oxygen atoms in total. The normalized spacial score (nSPS) is 11.1. The van der Waals surface area contributed by atoms with Crippen LogP contribution < -0.4 is 10.2 Å². The smallest absolute Gasteiger partial charge is 0.119 e. The van der Waals surface area contributed by atoms with Crippen molar-refractivity contribution < 1.29 is 4.74 Å². The van der Waals surface area contributed by atoms with Crippen LogP contribution >= 0.6 is 0 Å². The minimum Gasteiger partial charge on any atom is -0.494 e. The Balaban J connectivity index is 1.81. The zero-order chi connectivity index (χ0) is 16.9. The molecule has 3 rings (SSSR count). The quantitative estimate of drug-likeness (QED) is 0.548. The Kier molecular flexibility index (Phi) is 4.75. The highest BCUT2D eigenvalue weighted by Crippen LogP contribution is 2.25. The number of hydrogen-bond donors (Lipinski definition) is 1. The summed E-state index contributed by atoms with van der Waals surface area (Å²) in [6.07, 6.45) is 1.80. The zero-order valence-electron chi connectivity index (χ0n) is 14.2. The van der Waals surface area contributed by atoms with Gasteiger partial charge in [0.2, 0.25) is 0 Å². The predicted molar refractivity (Wildman–Crippen MR) is 100 cm³/mol. The number of nitrogens with zero attached hydrogens (tertiary/aromatic N) is 2. The van der Waals surface area contributed by atoms with Gasteiger partial charge in [0.05, 0.1) is 24.0 Å². The Labute approximate surface area is 142 Å². The highest BCUT2D eigenvalue weighted by atomic mass is 16.5. The van der Waals surface area contributed by atoms with Crippen LogP contribution in [0.2, 0.25) is 0 Å². The molecule has 0 aliphatic heterocycles. The van der Waals surface area contributed by atoms with Crippen molar-refractivity contribution in [3.8, 4) is 5.75 Å². The van der Waals surface area contributed by atoms with Crippen LogP contribution in [-0.4, -0.2) is 17.8 Å². The van der Waals surface area contributed by atoms with Crippen molar-refractivity contribution >= 4 is 22.8 Å². The third kappa shape index (κ3) is 3.54. The van der Waals surface area contributed by atoms with Crippen molar-refractivity contribution in [2.24, 2.45) is 5.10 Å². The molecule has 24 heavy (non-hydrogen) atoms. The van der Waals surface area contributed by atoms with Gasteiger partial charge in [-0.15, -0.1) is 0 Å². The molecule has 0 spiro atoms. The maximum absolute atomic E-state index is 5.44. The van der Waals surface area contributed by atoms with Crippen LogP contribution in [0.15, 0.2) is 53.6 Å². The monoisotopic (exact) mass is 319 g/mol. The highest BCUT2D eigenvalue weighted by molar-refractivity contribution is 5.93. The topological polar surface area (TPSA) is 46.5 Å². The van der Waals surface area contributed by atoms with Crippen LogP contribution in [0.4, 0.5) is 5.69 Å². The second-order valence-corrected chi connectivity index (χ2v) is 5.65. The van der Waals surface area contributed by atoms with E-state index in [1.807, 2.05) is 50.2 Å². The number of anilines is 1. The third-order valence-corrected chi connectivity index (χ3v) is 3.76. The molecule has 0 atom stereocenters. The molecule has 0 bridgehead atoms. The van der Waals surface area contributed by atoms with Crippen LogP contribution in [0, 0.1) is 13.8 Å². The van der Waals surface area contributed by atoms with Gasteiger partial charge >= 0.3 is 0 Å². The van der Waals surface area contributed by atoms with E-state index >= 15 is 0 Å². The number of nitrogens with one attached hydrogen (secondary N) is 1. The lowest BCUT2D eigenvalue weighted by Crippen LogP contribution is -1.96. The third-order valence-electron chi connectivity index (χ3n) is 3.76. The lowest BCUT2D eigenvalue weighted by Gasteiger charge is -2.09. The van der Waals surface area contributed by atoms with Crippen LogP contribution in [0.5, 0.6) is 5.75 Å². The van der Waals surface area contributed by atoms with Gasteiger partial charge in [-0.05, 0) is 62.2 Å². The standard InChI is InChI=1S/C20H21N3O/c1-4-24-17-10-8-16(9-11-17)13-21-23-19-12-15(3)22-20-14(2)6-5-7-18(19)20/h5-13H,4H2,1-3H3,(H,22,23). The summed E-state index contributed by atoms with van der Waals surface area (Å²) in [4.78, 5) is 4.62. The van der Waals surface area contributed by atoms with Gasteiger partial charge in [-0.1, -0.05) is 18.2 Å². The molecule has 122 valence electrons. The number of aryl methyl sites for hydroxylation is 2. The SMILES string of the molecule is CCOc1ccc(C=NNc2cc(C)nc3c(C)cccc23)cc1. The van der Waals surface area contributed by atoms with Gasteiger partial charge in [-0.25, -0.2) is 0 Å². The van der Waals surface area contributed by atoms with E-state index in [1.165, 1.54) is 0 Å². The van der Waals surface area contributed by atoms with E-state index in [9.17, 15) is 0 Å². The second kappa shape index (κ2) is 7.13. The van der Waals surface area contributed by atoms with E-state index in [0.29, 0.717) is 6.61 Å². The number of rotatable bonds is 5. The number of hydrazone groups is 1. The first-order valence-corrected chi connectivity index (χ1v) is 8.06. The van der Waals surface area contributed by atoms with Gasteiger partial charge in [0.25, 0.3) is 0 Å². The van der Waals surface area contributed by atoms with Crippen LogP contribution in [0.1, 0.15) is 23.7 Å².